The molecule has 2 aromatic rings. The number of aldehydes is 1. The van der Waals surface area contributed by atoms with Crippen LogP contribution < -0.4 is 5.30 Å². The van der Waals surface area contributed by atoms with Gasteiger partial charge in [-0.15, -0.1) is 13.2 Å². The maximum absolute atomic E-state index is 10.5. The standard InChI is InChI=1S/C16H21NO.C11H15OP.2C2H6.C2H4/c1-4-15(13-7-9-17(3)10-8-13)16-11-14(18)6-5-12(16)2;1-3-6-13-11-7-10(8-12)5-4-9(11)2;3*1-2/h4-7,11,18H,8-10H2,1-3H3;4-5,7-8,13H,3,6H2,1-2H3;2*1-2H3;1-2H2/b15-4-;;;;. The number of phenolic OH excluding ortho intramolecular Hbond substituents is 1. The molecule has 4 heteroatoms. The van der Waals surface area contributed by atoms with E-state index in [1.54, 1.807) is 6.07 Å². The third-order valence-corrected chi connectivity index (χ3v) is 7.19. The molecule has 2 aromatic carbocycles. The minimum atomic E-state index is 0.337. The molecule has 0 aliphatic carbocycles. The lowest BCUT2D eigenvalue weighted by Crippen LogP contribution is -2.24. The fourth-order valence-corrected chi connectivity index (χ4v) is 4.74. The van der Waals surface area contributed by atoms with Crippen molar-refractivity contribution >= 4 is 25.7 Å². The monoisotopic (exact) mass is 525 g/mol. The Morgan fingerprint density at radius 2 is 1.68 bits per heavy atom. The van der Waals surface area contributed by atoms with E-state index in [1.807, 2.05) is 58.0 Å². The highest BCUT2D eigenvalue weighted by Gasteiger charge is 2.14. The number of phenols is 1. The van der Waals surface area contributed by atoms with E-state index in [9.17, 15) is 9.90 Å². The molecule has 0 bridgehead atoms. The Morgan fingerprint density at radius 3 is 2.19 bits per heavy atom. The molecule has 37 heavy (non-hydrogen) atoms. The first-order valence-corrected chi connectivity index (χ1v) is 14.7. The number of carbonyl (C=O) groups excluding carboxylic acids is 1. The lowest BCUT2D eigenvalue weighted by atomic mass is 9.90. The van der Waals surface area contributed by atoms with E-state index in [2.05, 4.69) is 65.0 Å². The number of hydrogen-bond acceptors (Lipinski definition) is 3. The second-order valence-corrected chi connectivity index (χ2v) is 9.45. The minimum Gasteiger partial charge on any atom is -0.508 e. The number of aryl methyl sites for hydroxylation is 2. The van der Waals surface area contributed by atoms with Gasteiger partial charge in [0.15, 0.2) is 0 Å². The molecule has 1 aliphatic rings. The third kappa shape index (κ3) is 13.6. The van der Waals surface area contributed by atoms with Gasteiger partial charge >= 0.3 is 0 Å². The molecule has 1 heterocycles. The molecular formula is C33H52NO2P. The zero-order valence-corrected chi connectivity index (χ0v) is 25.9. The fourth-order valence-electron chi connectivity index (χ4n) is 3.59. The Labute approximate surface area is 230 Å². The van der Waals surface area contributed by atoms with Gasteiger partial charge in [-0.1, -0.05) is 80.0 Å². The van der Waals surface area contributed by atoms with Crippen LogP contribution in [0.25, 0.3) is 5.57 Å². The van der Waals surface area contributed by atoms with Crippen LogP contribution in [-0.4, -0.2) is 42.6 Å². The van der Waals surface area contributed by atoms with Gasteiger partial charge in [0.25, 0.3) is 0 Å². The number of allylic oxidation sites excluding steroid dienone is 2. The summed E-state index contributed by atoms with van der Waals surface area (Å²) in [5.41, 5.74) is 7.11. The second kappa shape index (κ2) is 22.7. The van der Waals surface area contributed by atoms with E-state index in [1.165, 1.54) is 40.2 Å². The predicted molar refractivity (Wildman–Crippen MR) is 170 cm³/mol. The Balaban J connectivity index is 0. The Kier molecular flexibility index (Phi) is 22.5. The zero-order valence-electron chi connectivity index (χ0n) is 24.9. The number of benzene rings is 2. The fraction of sp³-hybridized carbons (Fsp3) is 0.424. The molecule has 0 saturated carbocycles. The summed E-state index contributed by atoms with van der Waals surface area (Å²) in [6, 6.07) is 11.5. The summed E-state index contributed by atoms with van der Waals surface area (Å²) in [4.78, 5) is 12.9. The average Bonchev–Trinajstić information content (AvgIpc) is 2.95. The second-order valence-electron chi connectivity index (χ2n) is 8.06. The van der Waals surface area contributed by atoms with Gasteiger partial charge in [0.05, 0.1) is 0 Å². The van der Waals surface area contributed by atoms with Gasteiger partial charge in [-0.3, -0.25) is 4.79 Å². The smallest absolute Gasteiger partial charge is 0.150 e. The average molecular weight is 526 g/mol. The van der Waals surface area contributed by atoms with E-state index in [4.69, 9.17) is 0 Å². The van der Waals surface area contributed by atoms with Crippen LogP contribution in [0.2, 0.25) is 0 Å². The summed E-state index contributed by atoms with van der Waals surface area (Å²) in [5, 5.41) is 11.0. The summed E-state index contributed by atoms with van der Waals surface area (Å²) in [6.45, 7) is 24.6. The van der Waals surface area contributed by atoms with Gasteiger partial charge in [-0.2, -0.15) is 0 Å². The van der Waals surface area contributed by atoms with Crippen molar-refractivity contribution in [3.05, 3.63) is 89.5 Å². The molecule has 3 rings (SSSR count). The maximum atomic E-state index is 10.5. The van der Waals surface area contributed by atoms with Crippen molar-refractivity contribution in [2.24, 2.45) is 0 Å². The molecule has 0 radical (unpaired) electrons. The normalized spacial score (nSPS) is 12.9. The van der Waals surface area contributed by atoms with E-state index in [-0.39, 0.29) is 0 Å². The van der Waals surface area contributed by atoms with Gasteiger partial charge in [0.1, 0.15) is 12.0 Å². The lowest BCUT2D eigenvalue weighted by molar-refractivity contribution is 0.112. The van der Waals surface area contributed by atoms with Crippen LogP contribution in [0.15, 0.2) is 67.3 Å². The third-order valence-electron chi connectivity index (χ3n) is 5.52. The Morgan fingerprint density at radius 1 is 1.05 bits per heavy atom. The minimum absolute atomic E-state index is 0.337. The molecule has 0 spiro atoms. The number of hydrogen-bond donors (Lipinski definition) is 1. The van der Waals surface area contributed by atoms with Crippen LogP contribution in [0.4, 0.5) is 0 Å². The van der Waals surface area contributed by atoms with E-state index >= 15 is 0 Å². The van der Waals surface area contributed by atoms with Crippen molar-refractivity contribution in [1.82, 2.24) is 4.90 Å². The summed E-state index contributed by atoms with van der Waals surface area (Å²) < 4.78 is 0. The summed E-state index contributed by atoms with van der Waals surface area (Å²) in [7, 11) is 2.98. The first kappa shape index (κ1) is 36.7. The van der Waals surface area contributed by atoms with Gasteiger partial charge in [0.2, 0.25) is 0 Å². The number of likely N-dealkylation sites (N-methyl/N-ethyl adjacent to an activating group) is 1. The number of aromatic hydroxyl groups is 1. The molecule has 3 nitrogen and oxygen atoms in total. The molecule has 1 unspecified atom stereocenters. The SMILES string of the molecule is C/C=C(/C1=CCN(C)CC1)c1cc(O)ccc1C.C=C.CC.CC.CCCPc1cc(C=O)ccc1C. The Bertz CT molecular complexity index is 963. The van der Waals surface area contributed by atoms with Crippen LogP contribution in [0.5, 0.6) is 5.75 Å². The van der Waals surface area contributed by atoms with E-state index in [0.29, 0.717) is 5.75 Å². The van der Waals surface area contributed by atoms with Crippen LogP contribution in [-0.2, 0) is 0 Å². The van der Waals surface area contributed by atoms with Crippen molar-refractivity contribution < 1.29 is 9.90 Å². The zero-order chi connectivity index (χ0) is 28.8. The molecule has 0 fully saturated rings. The highest BCUT2D eigenvalue weighted by atomic mass is 31.1. The molecule has 1 N–H and O–H groups in total. The molecule has 0 aromatic heterocycles. The summed E-state index contributed by atoms with van der Waals surface area (Å²) in [6.07, 6.45) is 8.87. The van der Waals surface area contributed by atoms with Crippen molar-refractivity contribution in [1.29, 1.82) is 0 Å². The molecule has 1 atom stereocenters. The van der Waals surface area contributed by atoms with E-state index in [0.717, 1.165) is 45.5 Å². The number of carbonyl (C=O) groups is 1. The van der Waals surface area contributed by atoms with Crippen LogP contribution in [0.3, 0.4) is 0 Å². The molecule has 1 aliphatic heterocycles. The molecule has 0 saturated heterocycles. The van der Waals surface area contributed by atoms with Crippen LogP contribution in [0, 0.1) is 13.8 Å². The van der Waals surface area contributed by atoms with Crippen LogP contribution in [0.1, 0.15) is 81.4 Å². The quantitative estimate of drug-likeness (QED) is 0.233. The summed E-state index contributed by atoms with van der Waals surface area (Å²) >= 11 is 0. The van der Waals surface area contributed by atoms with Crippen molar-refractivity contribution in [3.63, 3.8) is 0 Å². The predicted octanol–water partition coefficient (Wildman–Crippen LogP) is 8.74. The van der Waals surface area contributed by atoms with Gasteiger partial charge in [0, 0.05) is 18.7 Å². The highest BCUT2D eigenvalue weighted by Crippen LogP contribution is 2.31. The first-order valence-electron chi connectivity index (χ1n) is 13.5. The number of rotatable bonds is 6. The topological polar surface area (TPSA) is 40.5 Å². The highest BCUT2D eigenvalue weighted by molar-refractivity contribution is 7.47. The first-order chi connectivity index (χ1) is 17.9. The molecule has 0 amide bonds. The maximum Gasteiger partial charge on any atom is 0.150 e. The summed E-state index contributed by atoms with van der Waals surface area (Å²) in [5.74, 6) is 0.337. The van der Waals surface area contributed by atoms with Crippen molar-refractivity contribution in [3.8, 4) is 5.75 Å². The van der Waals surface area contributed by atoms with Crippen molar-refractivity contribution in [2.45, 2.75) is 68.2 Å². The van der Waals surface area contributed by atoms with Gasteiger partial charge in [-0.25, -0.2) is 0 Å². The largest absolute Gasteiger partial charge is 0.508 e. The van der Waals surface area contributed by atoms with Gasteiger partial charge < -0.3 is 10.0 Å². The Hall–Kier alpha value is -2.48. The van der Waals surface area contributed by atoms with E-state index < -0.39 is 0 Å². The van der Waals surface area contributed by atoms with Gasteiger partial charge in [-0.05, 0) is 91.7 Å². The molecule has 206 valence electrons. The van der Waals surface area contributed by atoms with Crippen LogP contribution >= 0.6 is 8.58 Å². The molecular weight excluding hydrogens is 473 g/mol. The van der Waals surface area contributed by atoms with Crippen molar-refractivity contribution in [2.75, 3.05) is 26.3 Å². The lowest BCUT2D eigenvalue weighted by Gasteiger charge is -2.24. The number of nitrogens with zero attached hydrogens (tertiary/aromatic N) is 1.